The Bertz CT molecular complexity index is 464. The fourth-order valence-electron chi connectivity index (χ4n) is 0.869. The molecule has 0 radical (unpaired) electrons. The van der Waals surface area contributed by atoms with Crippen molar-refractivity contribution in [2.45, 2.75) is 4.90 Å². The largest absolute Gasteiger partial charge is 1.00 e. The summed E-state index contributed by atoms with van der Waals surface area (Å²) in [5.74, 6) is 4.65. The Morgan fingerprint density at radius 2 is 1.88 bits per heavy atom. The van der Waals surface area contributed by atoms with Crippen LogP contribution in [0.3, 0.4) is 0 Å². The molecule has 0 spiro atoms. The van der Waals surface area contributed by atoms with Gasteiger partial charge >= 0.3 is 29.6 Å². The first-order valence-corrected chi connectivity index (χ1v) is 5.59. The van der Waals surface area contributed by atoms with Crippen LogP contribution in [0.5, 0.6) is 0 Å². The Morgan fingerprint density at radius 3 is 2.44 bits per heavy atom. The number of benzene rings is 1. The molecule has 0 saturated carbocycles. The van der Waals surface area contributed by atoms with Crippen molar-refractivity contribution >= 4 is 10.1 Å². The summed E-state index contributed by atoms with van der Waals surface area (Å²) in [5.41, 5.74) is 0. The molecule has 0 fully saturated rings. The maximum absolute atomic E-state index is 11.4. The molecule has 82 valence electrons. The van der Waals surface area contributed by atoms with Crippen LogP contribution in [-0.4, -0.2) is 26.7 Å². The van der Waals surface area contributed by atoms with Crippen LogP contribution >= 0.6 is 0 Å². The smallest absolute Gasteiger partial charge is 1.00 e. The van der Waals surface area contributed by atoms with E-state index in [-0.39, 0.29) is 49.1 Å². The quantitative estimate of drug-likeness (QED) is 0.366. The SMILES string of the molecule is O=S(=O)(OCC#CCO)c1ccccc1.[H-].[Na+]. The van der Waals surface area contributed by atoms with Gasteiger partial charge in [0.2, 0.25) is 0 Å². The fourth-order valence-corrected chi connectivity index (χ4v) is 1.71. The fraction of sp³-hybridized carbons (Fsp3) is 0.200. The molecule has 0 aliphatic carbocycles. The summed E-state index contributed by atoms with van der Waals surface area (Å²) in [7, 11) is -3.72. The van der Waals surface area contributed by atoms with Crippen LogP contribution < -0.4 is 29.6 Å². The van der Waals surface area contributed by atoms with Crippen molar-refractivity contribution in [2.24, 2.45) is 0 Å². The van der Waals surface area contributed by atoms with E-state index in [1.807, 2.05) is 0 Å². The van der Waals surface area contributed by atoms with Crippen LogP contribution in [-0.2, 0) is 14.3 Å². The Labute approximate surface area is 119 Å². The molecular weight excluding hydrogens is 239 g/mol. The summed E-state index contributed by atoms with van der Waals surface area (Å²) in [5, 5.41) is 8.33. The minimum Gasteiger partial charge on any atom is -1.00 e. The summed E-state index contributed by atoms with van der Waals surface area (Å²) in [6.45, 7) is -0.563. The molecular formula is C10H11NaO4S. The molecule has 6 heteroatoms. The normalized spacial score (nSPS) is 9.81. The van der Waals surface area contributed by atoms with Crippen molar-refractivity contribution in [1.29, 1.82) is 0 Å². The molecule has 0 aliphatic heterocycles. The summed E-state index contributed by atoms with van der Waals surface area (Å²) in [4.78, 5) is 0.0933. The Hall–Kier alpha value is -0.350. The molecule has 4 nitrogen and oxygen atoms in total. The zero-order valence-corrected chi connectivity index (χ0v) is 11.7. The Morgan fingerprint density at radius 1 is 1.25 bits per heavy atom. The molecule has 0 bridgehead atoms. The van der Waals surface area contributed by atoms with Gasteiger partial charge in [-0.3, -0.25) is 4.18 Å². The van der Waals surface area contributed by atoms with Gasteiger partial charge in [-0.1, -0.05) is 30.0 Å². The molecule has 0 saturated heterocycles. The second-order valence-corrected chi connectivity index (χ2v) is 4.16. The van der Waals surface area contributed by atoms with Crippen molar-refractivity contribution in [2.75, 3.05) is 13.2 Å². The van der Waals surface area contributed by atoms with Gasteiger partial charge in [-0.15, -0.1) is 0 Å². The number of rotatable bonds is 3. The van der Waals surface area contributed by atoms with Crippen molar-refractivity contribution in [1.82, 2.24) is 0 Å². The third-order valence-corrected chi connectivity index (χ3v) is 2.80. The van der Waals surface area contributed by atoms with Crippen LogP contribution in [0.15, 0.2) is 35.2 Å². The van der Waals surface area contributed by atoms with Gasteiger partial charge in [-0.2, -0.15) is 8.42 Å². The number of aliphatic hydroxyl groups is 1. The Balaban J connectivity index is 0. The van der Waals surface area contributed by atoms with E-state index in [2.05, 4.69) is 16.0 Å². The molecule has 1 rings (SSSR count). The third-order valence-electron chi connectivity index (χ3n) is 1.52. The first kappa shape index (κ1) is 15.7. The first-order chi connectivity index (χ1) is 7.17. The molecule has 0 heterocycles. The van der Waals surface area contributed by atoms with E-state index in [1.165, 1.54) is 12.1 Å². The maximum atomic E-state index is 11.4. The maximum Gasteiger partial charge on any atom is 1.00 e. The van der Waals surface area contributed by atoms with E-state index < -0.39 is 10.1 Å². The molecule has 1 aromatic rings. The monoisotopic (exact) mass is 250 g/mol. The summed E-state index contributed by atoms with van der Waals surface area (Å²) < 4.78 is 27.5. The van der Waals surface area contributed by atoms with Gasteiger partial charge < -0.3 is 6.53 Å². The van der Waals surface area contributed by atoms with E-state index in [4.69, 9.17) is 5.11 Å². The predicted molar refractivity (Wildman–Crippen MR) is 55.6 cm³/mol. The summed E-state index contributed by atoms with van der Waals surface area (Å²) >= 11 is 0. The van der Waals surface area contributed by atoms with Gasteiger partial charge in [0.1, 0.15) is 13.2 Å². The minimum atomic E-state index is -3.72. The first-order valence-electron chi connectivity index (χ1n) is 4.18. The van der Waals surface area contributed by atoms with Gasteiger partial charge in [0.05, 0.1) is 4.90 Å². The topological polar surface area (TPSA) is 63.6 Å². The molecule has 0 amide bonds. The Kier molecular flexibility index (Phi) is 7.68. The number of aliphatic hydroxyl groups excluding tert-OH is 1. The average Bonchev–Trinajstić information content (AvgIpc) is 2.26. The summed E-state index contributed by atoms with van der Waals surface area (Å²) in [6, 6.07) is 7.81. The number of hydrogen-bond donors (Lipinski definition) is 1. The van der Waals surface area contributed by atoms with Crippen LogP contribution in [0, 0.1) is 11.8 Å². The van der Waals surface area contributed by atoms with E-state index in [0.29, 0.717) is 0 Å². The van der Waals surface area contributed by atoms with Crippen LogP contribution in [0.4, 0.5) is 0 Å². The van der Waals surface area contributed by atoms with Crippen molar-refractivity contribution in [3.05, 3.63) is 30.3 Å². The second-order valence-electron chi connectivity index (χ2n) is 2.54. The third kappa shape index (κ3) is 5.12. The van der Waals surface area contributed by atoms with E-state index in [0.717, 1.165) is 0 Å². The van der Waals surface area contributed by atoms with Gasteiger partial charge in [-0.05, 0) is 12.1 Å². The molecule has 0 aliphatic rings. The molecule has 0 atom stereocenters. The standard InChI is InChI=1S/C10H10O4S.Na.H/c11-8-4-5-9-14-15(12,13)10-6-2-1-3-7-10;;/h1-3,6-7,11H,8-9H2;;/q;+1;-1. The summed E-state index contributed by atoms with van der Waals surface area (Å²) in [6.07, 6.45) is 0. The molecule has 16 heavy (non-hydrogen) atoms. The van der Waals surface area contributed by atoms with E-state index >= 15 is 0 Å². The van der Waals surface area contributed by atoms with Crippen molar-refractivity contribution in [3.63, 3.8) is 0 Å². The van der Waals surface area contributed by atoms with Gasteiger partial charge in [0, 0.05) is 0 Å². The van der Waals surface area contributed by atoms with Gasteiger partial charge in [0.25, 0.3) is 10.1 Å². The zero-order valence-electron chi connectivity index (χ0n) is 9.88. The molecule has 1 N–H and O–H groups in total. The number of hydrogen-bond acceptors (Lipinski definition) is 4. The zero-order chi connectivity index (χ0) is 11.1. The predicted octanol–water partition coefficient (Wildman–Crippen LogP) is -2.50. The van der Waals surface area contributed by atoms with Crippen LogP contribution in [0.2, 0.25) is 0 Å². The van der Waals surface area contributed by atoms with Gasteiger partial charge in [-0.25, -0.2) is 0 Å². The minimum absolute atomic E-state index is 0. The van der Waals surface area contributed by atoms with E-state index in [9.17, 15) is 8.42 Å². The van der Waals surface area contributed by atoms with Crippen molar-refractivity contribution < 1.29 is 48.7 Å². The second kappa shape index (κ2) is 7.85. The van der Waals surface area contributed by atoms with Gasteiger partial charge in [0.15, 0.2) is 0 Å². The average molecular weight is 250 g/mol. The molecule has 0 aromatic heterocycles. The van der Waals surface area contributed by atoms with Crippen LogP contribution in [0.1, 0.15) is 1.43 Å². The molecule has 1 aromatic carbocycles. The van der Waals surface area contributed by atoms with Crippen LogP contribution in [0.25, 0.3) is 0 Å². The van der Waals surface area contributed by atoms with Crippen molar-refractivity contribution in [3.8, 4) is 11.8 Å². The van der Waals surface area contributed by atoms with E-state index in [1.54, 1.807) is 18.2 Å². The molecule has 0 unspecified atom stereocenters.